The molecule has 1 heterocycles. The van der Waals surface area contributed by atoms with Gasteiger partial charge in [-0.05, 0) is 48.9 Å². The van der Waals surface area contributed by atoms with Crippen LogP contribution in [0.2, 0.25) is 0 Å². The SMILES string of the molecule is COc1ccc(C)cc1S(=O)(=O)Nc1cccc2ncccc12. The fourth-order valence-corrected chi connectivity index (χ4v) is 3.72. The van der Waals surface area contributed by atoms with Gasteiger partial charge in [0.1, 0.15) is 10.6 Å². The number of hydrogen-bond acceptors (Lipinski definition) is 4. The van der Waals surface area contributed by atoms with Crippen molar-refractivity contribution >= 4 is 26.6 Å². The van der Waals surface area contributed by atoms with Crippen LogP contribution in [0.15, 0.2) is 59.6 Å². The topological polar surface area (TPSA) is 68.3 Å². The highest BCUT2D eigenvalue weighted by molar-refractivity contribution is 7.92. The van der Waals surface area contributed by atoms with E-state index in [-0.39, 0.29) is 4.90 Å². The second kappa shape index (κ2) is 5.89. The summed E-state index contributed by atoms with van der Waals surface area (Å²) < 4.78 is 33.3. The van der Waals surface area contributed by atoms with Gasteiger partial charge in [-0.3, -0.25) is 9.71 Å². The Kier molecular flexibility index (Phi) is 3.92. The summed E-state index contributed by atoms with van der Waals surface area (Å²) in [5.41, 5.74) is 2.05. The normalized spacial score (nSPS) is 11.4. The lowest BCUT2D eigenvalue weighted by atomic mass is 10.2. The molecule has 0 saturated carbocycles. The van der Waals surface area contributed by atoms with Crippen molar-refractivity contribution in [2.24, 2.45) is 0 Å². The number of rotatable bonds is 4. The van der Waals surface area contributed by atoms with E-state index in [1.807, 2.05) is 19.1 Å². The van der Waals surface area contributed by atoms with E-state index in [2.05, 4.69) is 9.71 Å². The zero-order valence-corrected chi connectivity index (χ0v) is 13.6. The number of aryl methyl sites for hydroxylation is 1. The van der Waals surface area contributed by atoms with Gasteiger partial charge in [-0.2, -0.15) is 0 Å². The predicted octanol–water partition coefficient (Wildman–Crippen LogP) is 3.35. The van der Waals surface area contributed by atoms with Crippen molar-refractivity contribution in [1.29, 1.82) is 0 Å². The van der Waals surface area contributed by atoms with Crippen molar-refractivity contribution < 1.29 is 13.2 Å². The van der Waals surface area contributed by atoms with Crippen LogP contribution < -0.4 is 9.46 Å². The monoisotopic (exact) mass is 328 g/mol. The molecule has 5 nitrogen and oxygen atoms in total. The van der Waals surface area contributed by atoms with Crippen molar-refractivity contribution in [2.45, 2.75) is 11.8 Å². The number of benzene rings is 2. The van der Waals surface area contributed by atoms with Crippen molar-refractivity contribution in [3.8, 4) is 5.75 Å². The molecule has 0 aliphatic rings. The molecule has 0 amide bonds. The minimum absolute atomic E-state index is 0.112. The van der Waals surface area contributed by atoms with Gasteiger partial charge in [0.25, 0.3) is 10.0 Å². The summed E-state index contributed by atoms with van der Waals surface area (Å²) in [6.45, 7) is 1.83. The number of aromatic nitrogens is 1. The molecule has 0 fully saturated rings. The summed E-state index contributed by atoms with van der Waals surface area (Å²) in [6, 6.07) is 13.9. The van der Waals surface area contributed by atoms with Crippen molar-refractivity contribution in [1.82, 2.24) is 4.98 Å². The predicted molar refractivity (Wildman–Crippen MR) is 90.3 cm³/mol. The van der Waals surface area contributed by atoms with E-state index in [0.29, 0.717) is 11.4 Å². The van der Waals surface area contributed by atoms with Gasteiger partial charge in [-0.1, -0.05) is 12.1 Å². The Morgan fingerprint density at radius 1 is 1.09 bits per heavy atom. The van der Waals surface area contributed by atoms with Gasteiger partial charge in [0.15, 0.2) is 0 Å². The lowest BCUT2D eigenvalue weighted by molar-refractivity contribution is 0.402. The van der Waals surface area contributed by atoms with Crippen LogP contribution in [0.3, 0.4) is 0 Å². The molecular weight excluding hydrogens is 312 g/mol. The van der Waals surface area contributed by atoms with Crippen molar-refractivity contribution in [3.63, 3.8) is 0 Å². The number of methoxy groups -OCH3 is 1. The van der Waals surface area contributed by atoms with Crippen LogP contribution in [0, 0.1) is 6.92 Å². The number of anilines is 1. The highest BCUT2D eigenvalue weighted by Crippen LogP contribution is 2.29. The fourth-order valence-electron chi connectivity index (χ4n) is 2.39. The van der Waals surface area contributed by atoms with Gasteiger partial charge in [0, 0.05) is 11.6 Å². The number of fused-ring (bicyclic) bond motifs is 1. The smallest absolute Gasteiger partial charge is 0.265 e. The molecule has 2 aromatic carbocycles. The Morgan fingerprint density at radius 3 is 2.70 bits per heavy atom. The Labute approximate surface area is 135 Å². The molecular formula is C17H16N2O3S. The summed E-state index contributed by atoms with van der Waals surface area (Å²) in [7, 11) is -2.32. The maximum Gasteiger partial charge on any atom is 0.265 e. The minimum atomic E-state index is -3.77. The third kappa shape index (κ3) is 2.98. The minimum Gasteiger partial charge on any atom is -0.495 e. The van der Waals surface area contributed by atoms with Crippen molar-refractivity contribution in [2.75, 3.05) is 11.8 Å². The van der Waals surface area contributed by atoms with Crippen molar-refractivity contribution in [3.05, 3.63) is 60.3 Å². The third-order valence-electron chi connectivity index (χ3n) is 3.50. The largest absolute Gasteiger partial charge is 0.495 e. The van der Waals surface area contributed by atoms with Gasteiger partial charge in [-0.25, -0.2) is 8.42 Å². The summed E-state index contributed by atoms with van der Waals surface area (Å²) in [4.78, 5) is 4.34. The molecule has 6 heteroatoms. The van der Waals surface area contributed by atoms with E-state index in [4.69, 9.17) is 4.74 Å². The maximum absolute atomic E-state index is 12.8. The molecule has 0 radical (unpaired) electrons. The molecule has 3 aromatic rings. The first-order chi connectivity index (χ1) is 11.0. The van der Waals surface area contributed by atoms with Crippen LogP contribution in [-0.4, -0.2) is 20.5 Å². The van der Waals surface area contributed by atoms with Crippen LogP contribution >= 0.6 is 0 Å². The van der Waals surface area contributed by atoms with Crippen LogP contribution in [-0.2, 0) is 10.0 Å². The highest BCUT2D eigenvalue weighted by atomic mass is 32.2. The standard InChI is InChI=1S/C17H16N2O3S/c1-12-8-9-16(22-2)17(11-12)23(20,21)19-15-7-3-6-14-13(15)5-4-10-18-14/h3-11,19H,1-2H3. The van der Waals surface area contributed by atoms with Gasteiger partial charge < -0.3 is 4.74 Å². The van der Waals surface area contributed by atoms with Crippen LogP contribution in [0.25, 0.3) is 10.9 Å². The summed E-state index contributed by atoms with van der Waals surface area (Å²) in [5, 5.41) is 0.741. The zero-order chi connectivity index (χ0) is 16.4. The summed E-state index contributed by atoms with van der Waals surface area (Å²) in [5.74, 6) is 0.307. The average molecular weight is 328 g/mol. The molecule has 23 heavy (non-hydrogen) atoms. The first-order valence-corrected chi connectivity index (χ1v) is 8.51. The van der Waals surface area contributed by atoms with E-state index in [1.54, 1.807) is 42.6 Å². The van der Waals surface area contributed by atoms with Gasteiger partial charge >= 0.3 is 0 Å². The maximum atomic E-state index is 12.8. The zero-order valence-electron chi connectivity index (χ0n) is 12.8. The molecule has 118 valence electrons. The molecule has 1 aromatic heterocycles. The molecule has 0 aliphatic carbocycles. The molecule has 0 spiro atoms. The fraction of sp³-hybridized carbons (Fsp3) is 0.118. The number of nitrogens with zero attached hydrogens (tertiary/aromatic N) is 1. The molecule has 0 aliphatic heterocycles. The van der Waals surface area contributed by atoms with Gasteiger partial charge in [-0.15, -0.1) is 0 Å². The van der Waals surface area contributed by atoms with Crippen LogP contribution in [0.4, 0.5) is 5.69 Å². The van der Waals surface area contributed by atoms with E-state index in [1.165, 1.54) is 7.11 Å². The number of ether oxygens (including phenoxy) is 1. The Morgan fingerprint density at radius 2 is 1.91 bits per heavy atom. The Bertz CT molecular complexity index is 963. The Balaban J connectivity index is 2.09. The lowest BCUT2D eigenvalue weighted by Gasteiger charge is -2.13. The van der Waals surface area contributed by atoms with Gasteiger partial charge in [0.05, 0.1) is 18.3 Å². The first kappa shape index (κ1) is 15.3. The van der Waals surface area contributed by atoms with Gasteiger partial charge in [0.2, 0.25) is 0 Å². The second-order valence-corrected chi connectivity index (χ2v) is 6.79. The summed E-state index contributed by atoms with van der Waals surface area (Å²) >= 11 is 0. The highest BCUT2D eigenvalue weighted by Gasteiger charge is 2.20. The van der Waals surface area contributed by atoms with E-state index in [9.17, 15) is 8.42 Å². The molecule has 3 rings (SSSR count). The van der Waals surface area contributed by atoms with Crippen LogP contribution in [0.1, 0.15) is 5.56 Å². The average Bonchev–Trinajstić information content (AvgIpc) is 2.55. The first-order valence-electron chi connectivity index (χ1n) is 7.02. The molecule has 0 atom stereocenters. The third-order valence-corrected chi connectivity index (χ3v) is 4.89. The number of hydrogen-bond donors (Lipinski definition) is 1. The second-order valence-electron chi connectivity index (χ2n) is 5.14. The number of nitrogens with one attached hydrogen (secondary N) is 1. The van der Waals surface area contributed by atoms with E-state index >= 15 is 0 Å². The molecule has 0 unspecified atom stereocenters. The quantitative estimate of drug-likeness (QED) is 0.797. The Hall–Kier alpha value is -2.60. The molecule has 1 N–H and O–H groups in total. The summed E-state index contributed by atoms with van der Waals surface area (Å²) in [6.07, 6.45) is 1.67. The van der Waals surface area contributed by atoms with E-state index < -0.39 is 10.0 Å². The molecule has 0 bridgehead atoms. The van der Waals surface area contributed by atoms with E-state index in [0.717, 1.165) is 16.5 Å². The molecule has 0 saturated heterocycles. The lowest BCUT2D eigenvalue weighted by Crippen LogP contribution is -2.14. The van der Waals surface area contributed by atoms with Crippen LogP contribution in [0.5, 0.6) is 5.75 Å². The number of pyridine rings is 1. The number of sulfonamides is 1.